The van der Waals surface area contributed by atoms with Gasteiger partial charge in [-0.3, -0.25) is 4.79 Å². The number of halogens is 1. The summed E-state index contributed by atoms with van der Waals surface area (Å²) in [5.41, 5.74) is 3.41. The van der Waals surface area contributed by atoms with E-state index in [0.29, 0.717) is 5.22 Å². The molecule has 0 aliphatic carbocycles. The van der Waals surface area contributed by atoms with E-state index in [2.05, 4.69) is 26.2 Å². The number of carbonyl (C=O) groups is 1. The van der Waals surface area contributed by atoms with Crippen LogP contribution in [-0.4, -0.2) is 16.6 Å². The molecule has 0 aliphatic rings. The number of thioether (sulfide) groups is 1. The fourth-order valence-corrected chi connectivity index (χ4v) is 3.18. The Morgan fingerprint density at radius 3 is 2.91 bits per heavy atom. The molecule has 3 rings (SSSR count). The Labute approximate surface area is 140 Å². The lowest BCUT2D eigenvalue weighted by Crippen LogP contribution is -2.14. The zero-order chi connectivity index (χ0) is 15.5. The van der Waals surface area contributed by atoms with Crippen molar-refractivity contribution in [1.82, 2.24) is 4.98 Å². The molecule has 112 valence electrons. The van der Waals surface area contributed by atoms with Gasteiger partial charge in [0.05, 0.1) is 11.4 Å². The number of rotatable bonds is 4. The fourth-order valence-electron chi connectivity index (χ4n) is 1.95. The third kappa shape index (κ3) is 3.51. The van der Waals surface area contributed by atoms with E-state index in [1.165, 1.54) is 11.8 Å². The molecule has 0 atom stereocenters. The van der Waals surface area contributed by atoms with Crippen LogP contribution >= 0.6 is 27.7 Å². The van der Waals surface area contributed by atoms with Gasteiger partial charge < -0.3 is 9.73 Å². The fraction of sp³-hybridized carbons (Fsp3) is 0.125. The Morgan fingerprint density at radius 2 is 2.14 bits per heavy atom. The van der Waals surface area contributed by atoms with Gasteiger partial charge in [0.15, 0.2) is 5.58 Å². The van der Waals surface area contributed by atoms with E-state index < -0.39 is 0 Å². The van der Waals surface area contributed by atoms with Gasteiger partial charge in [-0.15, -0.1) is 0 Å². The Kier molecular flexibility index (Phi) is 4.49. The highest BCUT2D eigenvalue weighted by Crippen LogP contribution is 2.25. The first kappa shape index (κ1) is 15.1. The number of nitrogens with zero attached hydrogens (tertiary/aromatic N) is 1. The molecule has 3 aromatic rings. The molecule has 22 heavy (non-hydrogen) atoms. The average Bonchev–Trinajstić information content (AvgIpc) is 2.91. The summed E-state index contributed by atoms with van der Waals surface area (Å²) in [5.74, 6) is 0.143. The van der Waals surface area contributed by atoms with E-state index in [1.807, 2.05) is 49.4 Å². The lowest BCUT2D eigenvalue weighted by atomic mass is 10.2. The maximum Gasteiger partial charge on any atom is 0.257 e. The quantitative estimate of drug-likeness (QED) is 0.674. The van der Waals surface area contributed by atoms with E-state index in [9.17, 15) is 4.79 Å². The Bertz CT molecular complexity index is 799. The molecule has 0 bridgehead atoms. The van der Waals surface area contributed by atoms with Crippen LogP contribution in [0.25, 0.3) is 11.1 Å². The first-order valence-electron chi connectivity index (χ1n) is 6.66. The molecule has 1 heterocycles. The second-order valence-electron chi connectivity index (χ2n) is 4.77. The van der Waals surface area contributed by atoms with Crippen molar-refractivity contribution in [3.8, 4) is 0 Å². The number of para-hydroxylation sites is 2. The van der Waals surface area contributed by atoms with Gasteiger partial charge in [0.1, 0.15) is 5.52 Å². The molecule has 1 amide bonds. The number of anilines is 1. The zero-order valence-electron chi connectivity index (χ0n) is 11.8. The summed E-state index contributed by atoms with van der Waals surface area (Å²) in [6, 6.07) is 13.3. The lowest BCUT2D eigenvalue weighted by molar-refractivity contribution is -0.113. The number of fused-ring (bicyclic) bond motifs is 1. The van der Waals surface area contributed by atoms with Crippen molar-refractivity contribution < 1.29 is 9.21 Å². The molecule has 1 N–H and O–H groups in total. The summed E-state index contributed by atoms with van der Waals surface area (Å²) in [7, 11) is 0. The van der Waals surface area contributed by atoms with E-state index >= 15 is 0 Å². The number of benzene rings is 2. The van der Waals surface area contributed by atoms with Crippen LogP contribution in [0.3, 0.4) is 0 Å². The number of oxazole rings is 1. The van der Waals surface area contributed by atoms with Crippen LogP contribution in [0.4, 0.5) is 5.69 Å². The molecule has 0 spiro atoms. The van der Waals surface area contributed by atoms with Crippen LogP contribution in [-0.2, 0) is 4.79 Å². The van der Waals surface area contributed by atoms with Gasteiger partial charge in [0, 0.05) is 4.47 Å². The van der Waals surface area contributed by atoms with Gasteiger partial charge in [0.25, 0.3) is 5.22 Å². The maximum atomic E-state index is 12.0. The average molecular weight is 377 g/mol. The number of carbonyl (C=O) groups excluding carboxylic acids is 1. The summed E-state index contributed by atoms with van der Waals surface area (Å²) >= 11 is 4.72. The topological polar surface area (TPSA) is 55.1 Å². The first-order valence-corrected chi connectivity index (χ1v) is 8.44. The molecule has 0 fully saturated rings. The van der Waals surface area contributed by atoms with E-state index in [4.69, 9.17) is 4.42 Å². The highest BCUT2D eigenvalue weighted by Gasteiger charge is 2.10. The summed E-state index contributed by atoms with van der Waals surface area (Å²) in [6.45, 7) is 2.00. The molecular formula is C16H13BrN2O2S. The van der Waals surface area contributed by atoms with Gasteiger partial charge in [-0.1, -0.05) is 30.0 Å². The highest BCUT2D eigenvalue weighted by molar-refractivity contribution is 9.10. The third-order valence-corrected chi connectivity index (χ3v) is 4.48. The minimum Gasteiger partial charge on any atom is -0.431 e. The van der Waals surface area contributed by atoms with Crippen molar-refractivity contribution in [2.75, 3.05) is 11.1 Å². The van der Waals surface area contributed by atoms with Crippen molar-refractivity contribution in [3.63, 3.8) is 0 Å². The van der Waals surface area contributed by atoms with Crippen molar-refractivity contribution in [3.05, 3.63) is 52.5 Å². The van der Waals surface area contributed by atoms with Crippen LogP contribution in [0.2, 0.25) is 0 Å². The van der Waals surface area contributed by atoms with Crippen molar-refractivity contribution in [2.24, 2.45) is 0 Å². The predicted molar refractivity (Wildman–Crippen MR) is 92.2 cm³/mol. The molecule has 0 unspecified atom stereocenters. The third-order valence-electron chi connectivity index (χ3n) is 3.00. The van der Waals surface area contributed by atoms with Crippen molar-refractivity contribution >= 4 is 50.4 Å². The molecule has 0 saturated carbocycles. The Morgan fingerprint density at radius 1 is 1.32 bits per heavy atom. The monoisotopic (exact) mass is 376 g/mol. The van der Waals surface area contributed by atoms with Crippen molar-refractivity contribution in [1.29, 1.82) is 0 Å². The van der Waals surface area contributed by atoms with E-state index in [-0.39, 0.29) is 11.7 Å². The summed E-state index contributed by atoms with van der Waals surface area (Å²) in [4.78, 5) is 16.3. The van der Waals surface area contributed by atoms with Crippen LogP contribution < -0.4 is 5.32 Å². The van der Waals surface area contributed by atoms with Crippen LogP contribution in [0, 0.1) is 6.92 Å². The maximum absolute atomic E-state index is 12.0. The number of hydrogen-bond acceptors (Lipinski definition) is 4. The SMILES string of the molecule is Cc1ccc(NC(=O)CSc2nc3ccccc3o2)c(Br)c1. The van der Waals surface area contributed by atoms with Gasteiger partial charge in [0.2, 0.25) is 5.91 Å². The standard InChI is InChI=1S/C16H13BrN2O2S/c1-10-6-7-12(11(17)8-10)18-15(20)9-22-16-19-13-4-2-3-5-14(13)21-16/h2-8H,9H2,1H3,(H,18,20). The van der Waals surface area contributed by atoms with Crippen LogP contribution in [0.5, 0.6) is 0 Å². The van der Waals surface area contributed by atoms with Gasteiger partial charge in [-0.25, -0.2) is 4.98 Å². The number of nitrogens with one attached hydrogen (secondary N) is 1. The van der Waals surface area contributed by atoms with E-state index in [0.717, 1.165) is 26.8 Å². The molecule has 6 heteroatoms. The summed E-state index contributed by atoms with van der Waals surface area (Å²) in [6.07, 6.45) is 0. The number of hydrogen-bond donors (Lipinski definition) is 1. The first-order chi connectivity index (χ1) is 10.6. The minimum absolute atomic E-state index is 0.100. The summed E-state index contributed by atoms with van der Waals surface area (Å²) < 4.78 is 6.44. The predicted octanol–water partition coefficient (Wildman–Crippen LogP) is 4.63. The van der Waals surface area contributed by atoms with Crippen LogP contribution in [0.15, 0.2) is 56.6 Å². The number of aromatic nitrogens is 1. The molecular weight excluding hydrogens is 364 g/mol. The van der Waals surface area contributed by atoms with Gasteiger partial charge >= 0.3 is 0 Å². The number of amides is 1. The highest BCUT2D eigenvalue weighted by atomic mass is 79.9. The van der Waals surface area contributed by atoms with Crippen LogP contribution in [0.1, 0.15) is 5.56 Å². The summed E-state index contributed by atoms with van der Waals surface area (Å²) in [5, 5.41) is 3.36. The second kappa shape index (κ2) is 6.54. The number of aryl methyl sites for hydroxylation is 1. The molecule has 0 radical (unpaired) electrons. The molecule has 1 aromatic heterocycles. The zero-order valence-corrected chi connectivity index (χ0v) is 14.2. The lowest BCUT2D eigenvalue weighted by Gasteiger charge is -2.07. The smallest absolute Gasteiger partial charge is 0.257 e. The van der Waals surface area contributed by atoms with Gasteiger partial charge in [-0.05, 0) is 52.7 Å². The second-order valence-corrected chi connectivity index (χ2v) is 6.55. The molecule has 2 aromatic carbocycles. The molecule has 0 aliphatic heterocycles. The van der Waals surface area contributed by atoms with Gasteiger partial charge in [-0.2, -0.15) is 0 Å². The minimum atomic E-state index is -0.100. The molecule has 4 nitrogen and oxygen atoms in total. The molecule has 0 saturated heterocycles. The normalized spacial score (nSPS) is 10.8. The van der Waals surface area contributed by atoms with Crippen molar-refractivity contribution in [2.45, 2.75) is 12.1 Å². The Hall–Kier alpha value is -1.79. The largest absolute Gasteiger partial charge is 0.431 e. The van der Waals surface area contributed by atoms with E-state index in [1.54, 1.807) is 0 Å². The Balaban J connectivity index is 1.62.